The fourth-order valence-corrected chi connectivity index (χ4v) is 1.48. The van der Waals surface area contributed by atoms with Crippen molar-refractivity contribution in [3.8, 4) is 5.75 Å². The quantitative estimate of drug-likeness (QED) is 0.762. The van der Waals surface area contributed by atoms with Gasteiger partial charge in [-0.1, -0.05) is 6.07 Å². The van der Waals surface area contributed by atoms with E-state index in [0.717, 1.165) is 0 Å². The van der Waals surface area contributed by atoms with E-state index in [1.807, 2.05) is 0 Å². The van der Waals surface area contributed by atoms with E-state index in [1.54, 1.807) is 25.1 Å². The lowest BCUT2D eigenvalue weighted by atomic mass is 10.1. The van der Waals surface area contributed by atoms with Crippen LogP contribution in [-0.2, 0) is 9.53 Å². The Hall–Kier alpha value is -2.04. The van der Waals surface area contributed by atoms with Gasteiger partial charge in [0.1, 0.15) is 5.75 Å². The zero-order chi connectivity index (χ0) is 11.5. The van der Waals surface area contributed by atoms with E-state index in [0.29, 0.717) is 17.0 Å². The van der Waals surface area contributed by atoms with Crippen LogP contribution in [0.1, 0.15) is 17.3 Å². The number of nitrogens with one attached hydrogen (secondary N) is 1. The summed E-state index contributed by atoms with van der Waals surface area (Å²) in [4.78, 5) is 22.8. The third-order valence-corrected chi connectivity index (χ3v) is 2.14. The van der Waals surface area contributed by atoms with Crippen LogP contribution in [0.3, 0.4) is 0 Å². The van der Waals surface area contributed by atoms with Gasteiger partial charge in [-0.25, -0.2) is 4.79 Å². The minimum absolute atomic E-state index is 0.0285. The summed E-state index contributed by atoms with van der Waals surface area (Å²) < 4.78 is 10.1. The van der Waals surface area contributed by atoms with E-state index in [-0.39, 0.29) is 19.1 Å². The lowest BCUT2D eigenvalue weighted by Gasteiger charge is -2.19. The van der Waals surface area contributed by atoms with Gasteiger partial charge in [-0.2, -0.15) is 0 Å². The Morgan fingerprint density at radius 2 is 2.38 bits per heavy atom. The lowest BCUT2D eigenvalue weighted by molar-refractivity contribution is -0.118. The molecular formula is C11H11NO4. The average molecular weight is 221 g/mol. The number of esters is 1. The number of hydrogen-bond acceptors (Lipinski definition) is 4. The molecule has 1 aliphatic heterocycles. The van der Waals surface area contributed by atoms with Crippen molar-refractivity contribution in [1.29, 1.82) is 0 Å². The van der Waals surface area contributed by atoms with Gasteiger partial charge in [-0.05, 0) is 19.1 Å². The fourth-order valence-electron chi connectivity index (χ4n) is 1.48. The highest BCUT2D eigenvalue weighted by molar-refractivity contribution is 6.04. The van der Waals surface area contributed by atoms with Crippen molar-refractivity contribution < 1.29 is 19.1 Å². The van der Waals surface area contributed by atoms with Gasteiger partial charge in [0.2, 0.25) is 0 Å². The Balaban J connectivity index is 2.39. The predicted octanol–water partition coefficient (Wildman–Crippen LogP) is 1.19. The smallest absolute Gasteiger partial charge is 0.340 e. The number of anilines is 1. The molecule has 16 heavy (non-hydrogen) atoms. The SMILES string of the molecule is CCOC(=O)c1cccc2c1NC(=O)CO2. The summed E-state index contributed by atoms with van der Waals surface area (Å²) in [5.74, 6) is -0.250. The minimum Gasteiger partial charge on any atom is -0.482 e. The molecule has 0 bridgehead atoms. The van der Waals surface area contributed by atoms with Crippen LogP contribution >= 0.6 is 0 Å². The van der Waals surface area contributed by atoms with Gasteiger partial charge in [-0.3, -0.25) is 4.79 Å². The summed E-state index contributed by atoms with van der Waals surface area (Å²) in [7, 11) is 0. The number of carbonyl (C=O) groups excluding carboxylic acids is 2. The molecule has 5 heteroatoms. The number of rotatable bonds is 2. The number of amides is 1. The highest BCUT2D eigenvalue weighted by Crippen LogP contribution is 2.31. The summed E-state index contributed by atoms with van der Waals surface area (Å²) in [5.41, 5.74) is 0.699. The molecule has 5 nitrogen and oxygen atoms in total. The number of carbonyl (C=O) groups is 2. The average Bonchev–Trinajstić information content (AvgIpc) is 2.28. The molecule has 0 fully saturated rings. The van der Waals surface area contributed by atoms with E-state index < -0.39 is 5.97 Å². The van der Waals surface area contributed by atoms with Crippen LogP contribution in [0, 0.1) is 0 Å². The molecule has 0 radical (unpaired) electrons. The number of ether oxygens (including phenoxy) is 2. The Kier molecular flexibility index (Phi) is 2.76. The fraction of sp³-hybridized carbons (Fsp3) is 0.273. The molecule has 2 rings (SSSR count). The van der Waals surface area contributed by atoms with Crippen LogP contribution < -0.4 is 10.1 Å². The van der Waals surface area contributed by atoms with E-state index in [1.165, 1.54) is 0 Å². The summed E-state index contributed by atoms with van der Waals surface area (Å²) >= 11 is 0. The first-order valence-corrected chi connectivity index (χ1v) is 4.95. The van der Waals surface area contributed by atoms with Gasteiger partial charge in [0.05, 0.1) is 17.9 Å². The van der Waals surface area contributed by atoms with Gasteiger partial charge >= 0.3 is 5.97 Å². The summed E-state index contributed by atoms with van der Waals surface area (Å²) in [6.45, 7) is 1.99. The first kappa shape index (κ1) is 10.5. The monoisotopic (exact) mass is 221 g/mol. The highest BCUT2D eigenvalue weighted by Gasteiger charge is 2.22. The predicted molar refractivity (Wildman–Crippen MR) is 56.5 cm³/mol. The van der Waals surface area contributed by atoms with Gasteiger partial charge in [0.25, 0.3) is 5.91 Å². The van der Waals surface area contributed by atoms with Crippen molar-refractivity contribution >= 4 is 17.6 Å². The maximum absolute atomic E-state index is 11.6. The molecule has 1 aromatic rings. The highest BCUT2D eigenvalue weighted by atomic mass is 16.5. The van der Waals surface area contributed by atoms with E-state index in [4.69, 9.17) is 9.47 Å². The molecular weight excluding hydrogens is 210 g/mol. The Labute approximate surface area is 92.4 Å². The molecule has 1 aromatic carbocycles. The normalized spacial score (nSPS) is 13.4. The van der Waals surface area contributed by atoms with Gasteiger partial charge in [0.15, 0.2) is 6.61 Å². The van der Waals surface area contributed by atoms with Crippen molar-refractivity contribution in [2.45, 2.75) is 6.92 Å². The van der Waals surface area contributed by atoms with Crippen molar-refractivity contribution in [3.05, 3.63) is 23.8 Å². The largest absolute Gasteiger partial charge is 0.482 e. The second kappa shape index (κ2) is 4.22. The number of hydrogen-bond donors (Lipinski definition) is 1. The summed E-state index contributed by atoms with van der Waals surface area (Å²) in [6, 6.07) is 4.96. The molecule has 1 aliphatic rings. The minimum atomic E-state index is -0.467. The second-order valence-electron chi connectivity index (χ2n) is 3.24. The second-order valence-corrected chi connectivity index (χ2v) is 3.24. The van der Waals surface area contributed by atoms with Crippen LogP contribution in [0.25, 0.3) is 0 Å². The summed E-state index contributed by atoms with van der Waals surface area (Å²) in [5, 5.41) is 2.60. The molecule has 1 heterocycles. The number of benzene rings is 1. The van der Waals surface area contributed by atoms with Crippen LogP contribution in [-0.4, -0.2) is 25.1 Å². The molecule has 0 unspecified atom stereocenters. The maximum Gasteiger partial charge on any atom is 0.340 e. The Morgan fingerprint density at radius 3 is 3.12 bits per heavy atom. The van der Waals surface area contributed by atoms with Gasteiger partial charge < -0.3 is 14.8 Å². The van der Waals surface area contributed by atoms with Crippen LogP contribution in [0.15, 0.2) is 18.2 Å². The zero-order valence-electron chi connectivity index (χ0n) is 8.78. The molecule has 1 amide bonds. The standard InChI is InChI=1S/C11H11NO4/c1-2-15-11(14)7-4-3-5-8-10(7)12-9(13)6-16-8/h3-5H,2,6H2,1H3,(H,12,13). The topological polar surface area (TPSA) is 64.6 Å². The third-order valence-electron chi connectivity index (χ3n) is 2.14. The van der Waals surface area contributed by atoms with Gasteiger partial charge in [-0.15, -0.1) is 0 Å². The van der Waals surface area contributed by atoms with E-state index in [9.17, 15) is 9.59 Å². The molecule has 0 aromatic heterocycles. The molecule has 0 saturated heterocycles. The number of fused-ring (bicyclic) bond motifs is 1. The van der Waals surface area contributed by atoms with Gasteiger partial charge in [0, 0.05) is 0 Å². The number of para-hydroxylation sites is 1. The molecule has 0 aliphatic carbocycles. The Bertz CT molecular complexity index is 442. The lowest BCUT2D eigenvalue weighted by Crippen LogP contribution is -2.27. The van der Waals surface area contributed by atoms with Crippen LogP contribution in [0.4, 0.5) is 5.69 Å². The Morgan fingerprint density at radius 1 is 1.56 bits per heavy atom. The molecule has 0 spiro atoms. The molecule has 0 saturated carbocycles. The van der Waals surface area contributed by atoms with Crippen molar-refractivity contribution in [1.82, 2.24) is 0 Å². The summed E-state index contributed by atoms with van der Waals surface area (Å²) in [6.07, 6.45) is 0. The molecule has 0 atom stereocenters. The van der Waals surface area contributed by atoms with E-state index in [2.05, 4.69) is 5.32 Å². The molecule has 1 N–H and O–H groups in total. The van der Waals surface area contributed by atoms with Crippen LogP contribution in [0.5, 0.6) is 5.75 Å². The van der Waals surface area contributed by atoms with Crippen molar-refractivity contribution in [2.75, 3.05) is 18.5 Å². The van der Waals surface area contributed by atoms with Crippen LogP contribution in [0.2, 0.25) is 0 Å². The third kappa shape index (κ3) is 1.84. The van der Waals surface area contributed by atoms with E-state index >= 15 is 0 Å². The van der Waals surface area contributed by atoms with Crippen molar-refractivity contribution in [2.24, 2.45) is 0 Å². The first-order valence-electron chi connectivity index (χ1n) is 4.95. The molecule has 84 valence electrons. The first-order chi connectivity index (χ1) is 7.72. The van der Waals surface area contributed by atoms with Crippen molar-refractivity contribution in [3.63, 3.8) is 0 Å². The zero-order valence-corrected chi connectivity index (χ0v) is 8.78. The maximum atomic E-state index is 11.6.